The summed E-state index contributed by atoms with van der Waals surface area (Å²) in [5, 5.41) is 0.714. The Balaban J connectivity index is 2.34. The fraction of sp³-hybridized carbons (Fsp3) is 0.444. The predicted molar refractivity (Wildman–Crippen MR) is 100 cm³/mol. The first-order valence-corrected chi connectivity index (χ1v) is 8.93. The van der Waals surface area contributed by atoms with Gasteiger partial charge in [-0.15, -0.1) is 0 Å². The number of carbonyl (C=O) groups excluding carboxylic acids is 2. The van der Waals surface area contributed by atoms with E-state index in [4.69, 9.17) is 0 Å². The Morgan fingerprint density at radius 2 is 1.88 bits per heavy atom. The van der Waals surface area contributed by atoms with Crippen molar-refractivity contribution in [2.24, 2.45) is 0 Å². The molecule has 1 aliphatic rings. The van der Waals surface area contributed by atoms with Crippen LogP contribution in [0.1, 0.15) is 11.1 Å². The largest absolute Gasteiger partial charge is 0.309 e. The van der Waals surface area contributed by atoms with Gasteiger partial charge in [0, 0.05) is 31.9 Å². The van der Waals surface area contributed by atoms with Crippen molar-refractivity contribution in [3.8, 4) is 0 Å². The van der Waals surface area contributed by atoms with Crippen LogP contribution in [0.5, 0.6) is 0 Å². The highest BCUT2D eigenvalue weighted by Gasteiger charge is 2.25. The van der Waals surface area contributed by atoms with Crippen molar-refractivity contribution >= 4 is 29.3 Å². The molecule has 1 heterocycles. The molecule has 0 bridgehead atoms. The second-order valence-electron chi connectivity index (χ2n) is 6.26. The van der Waals surface area contributed by atoms with Crippen LogP contribution < -0.4 is 4.90 Å². The van der Waals surface area contributed by atoms with Crippen LogP contribution in [-0.4, -0.2) is 61.6 Å². The number of anilines is 1. The van der Waals surface area contributed by atoms with Crippen molar-refractivity contribution in [1.82, 2.24) is 9.80 Å². The topological polar surface area (TPSA) is 43.9 Å². The minimum Gasteiger partial charge on any atom is -0.309 e. The van der Waals surface area contributed by atoms with E-state index in [0.717, 1.165) is 23.4 Å². The van der Waals surface area contributed by atoms with Gasteiger partial charge in [-0.2, -0.15) is 0 Å². The van der Waals surface area contributed by atoms with Crippen molar-refractivity contribution < 1.29 is 9.59 Å². The highest BCUT2D eigenvalue weighted by molar-refractivity contribution is 8.04. The summed E-state index contributed by atoms with van der Waals surface area (Å²) < 4.78 is 0. The molecule has 2 rings (SSSR count). The molecule has 2 amide bonds. The summed E-state index contributed by atoms with van der Waals surface area (Å²) in [6.07, 6.45) is 1.58. The summed E-state index contributed by atoms with van der Waals surface area (Å²) in [4.78, 5) is 30.0. The van der Waals surface area contributed by atoms with E-state index in [1.54, 1.807) is 18.0 Å². The average Bonchev–Trinajstić information content (AvgIpc) is 2.81. The third-order valence-corrected chi connectivity index (χ3v) is 5.12. The van der Waals surface area contributed by atoms with E-state index >= 15 is 0 Å². The summed E-state index contributed by atoms with van der Waals surface area (Å²) >= 11 is 1.41. The van der Waals surface area contributed by atoms with Crippen molar-refractivity contribution in [3.63, 3.8) is 0 Å². The Morgan fingerprint density at radius 3 is 2.38 bits per heavy atom. The molecule has 0 unspecified atom stereocenters. The molecule has 0 aromatic heterocycles. The van der Waals surface area contributed by atoms with E-state index in [2.05, 4.69) is 4.90 Å². The van der Waals surface area contributed by atoms with Gasteiger partial charge in [0.25, 0.3) is 5.91 Å². The number of nitrogens with zero attached hydrogens (tertiary/aromatic N) is 3. The van der Waals surface area contributed by atoms with Crippen LogP contribution in [0.3, 0.4) is 0 Å². The molecule has 6 heteroatoms. The van der Waals surface area contributed by atoms with Crippen molar-refractivity contribution in [2.75, 3.05) is 44.9 Å². The zero-order valence-corrected chi connectivity index (χ0v) is 15.8. The number of para-hydroxylation sites is 1. The van der Waals surface area contributed by atoms with E-state index in [-0.39, 0.29) is 11.8 Å². The minimum absolute atomic E-state index is 0.0333. The summed E-state index contributed by atoms with van der Waals surface area (Å²) in [7, 11) is 5.70. The lowest BCUT2D eigenvalue weighted by Gasteiger charge is -2.27. The third-order valence-electron chi connectivity index (χ3n) is 4.04. The van der Waals surface area contributed by atoms with E-state index < -0.39 is 0 Å². The fourth-order valence-electron chi connectivity index (χ4n) is 2.64. The van der Waals surface area contributed by atoms with Gasteiger partial charge in [0.2, 0.25) is 5.91 Å². The first-order chi connectivity index (χ1) is 11.3. The van der Waals surface area contributed by atoms with Crippen molar-refractivity contribution in [1.29, 1.82) is 0 Å². The Kier molecular flexibility index (Phi) is 6.07. The predicted octanol–water partition coefficient (Wildman–Crippen LogP) is 2.24. The van der Waals surface area contributed by atoms with Crippen molar-refractivity contribution in [3.05, 3.63) is 40.4 Å². The first kappa shape index (κ1) is 18.5. The van der Waals surface area contributed by atoms with Crippen LogP contribution in [0.4, 0.5) is 5.69 Å². The quantitative estimate of drug-likeness (QED) is 0.766. The van der Waals surface area contributed by atoms with Gasteiger partial charge >= 0.3 is 0 Å². The minimum atomic E-state index is -0.0849. The van der Waals surface area contributed by atoms with Crippen LogP contribution in [0, 0.1) is 13.8 Å². The van der Waals surface area contributed by atoms with E-state index in [9.17, 15) is 9.59 Å². The van der Waals surface area contributed by atoms with E-state index in [0.29, 0.717) is 17.3 Å². The molecule has 24 heavy (non-hydrogen) atoms. The molecule has 1 saturated heterocycles. The second-order valence-corrected chi connectivity index (χ2v) is 7.25. The Morgan fingerprint density at radius 1 is 1.25 bits per heavy atom. The molecule has 5 nitrogen and oxygen atoms in total. The summed E-state index contributed by atoms with van der Waals surface area (Å²) in [6.45, 7) is 5.41. The van der Waals surface area contributed by atoms with Gasteiger partial charge < -0.3 is 14.7 Å². The van der Waals surface area contributed by atoms with Gasteiger partial charge in [-0.05, 0) is 39.1 Å². The summed E-state index contributed by atoms with van der Waals surface area (Å²) in [5.41, 5.74) is 3.10. The number of hydrogen-bond donors (Lipinski definition) is 0. The molecule has 0 saturated carbocycles. The van der Waals surface area contributed by atoms with Gasteiger partial charge in [0.1, 0.15) is 0 Å². The highest BCUT2D eigenvalue weighted by atomic mass is 32.2. The monoisotopic (exact) mass is 347 g/mol. The summed E-state index contributed by atoms with van der Waals surface area (Å²) in [6, 6.07) is 6.04. The van der Waals surface area contributed by atoms with E-state index in [1.807, 2.05) is 51.0 Å². The first-order valence-electron chi connectivity index (χ1n) is 7.94. The Hall–Kier alpha value is -1.79. The number of hydrogen-bond acceptors (Lipinski definition) is 4. The molecule has 0 atom stereocenters. The molecular weight excluding hydrogens is 322 g/mol. The Bertz CT molecular complexity index is 650. The molecule has 0 N–H and O–H groups in total. The number of carbonyl (C=O) groups is 2. The average molecular weight is 347 g/mol. The van der Waals surface area contributed by atoms with Crippen LogP contribution in [-0.2, 0) is 9.59 Å². The number of aryl methyl sites for hydroxylation is 2. The van der Waals surface area contributed by atoms with Gasteiger partial charge in [-0.1, -0.05) is 30.0 Å². The maximum absolute atomic E-state index is 12.9. The standard InChI is InChI=1S/C18H25N3O2S/c1-13-7-6-8-14(2)18(13)21(10-9-19(3)4)15(22)11-17-20(5)16(23)12-24-17/h6-8,11H,9-10,12H2,1-5H3. The smallest absolute Gasteiger partial charge is 0.253 e. The lowest BCUT2D eigenvalue weighted by Crippen LogP contribution is -2.37. The SMILES string of the molecule is Cc1cccc(C)c1N(CCN(C)C)C(=O)C=C1SCC(=O)N1C. The second kappa shape index (κ2) is 7.85. The molecule has 130 valence electrons. The normalized spacial score (nSPS) is 16.3. The lowest BCUT2D eigenvalue weighted by molar-refractivity contribution is -0.124. The molecule has 1 aromatic carbocycles. The molecule has 1 aliphatic heterocycles. The third kappa shape index (κ3) is 4.19. The maximum Gasteiger partial charge on any atom is 0.253 e. The molecular formula is C18H25N3O2S. The number of benzene rings is 1. The number of thioether (sulfide) groups is 1. The zero-order chi connectivity index (χ0) is 17.9. The number of rotatable bonds is 5. The Labute approximate surface area is 148 Å². The summed E-state index contributed by atoms with van der Waals surface area (Å²) in [5.74, 6) is 0.348. The number of likely N-dealkylation sites (N-methyl/N-ethyl adjacent to an activating group) is 1. The van der Waals surface area contributed by atoms with Gasteiger partial charge in [-0.25, -0.2) is 0 Å². The van der Waals surface area contributed by atoms with Crippen LogP contribution in [0.2, 0.25) is 0 Å². The molecule has 1 aromatic rings. The van der Waals surface area contributed by atoms with Crippen LogP contribution in [0.15, 0.2) is 29.3 Å². The fourth-order valence-corrected chi connectivity index (χ4v) is 3.58. The van der Waals surface area contributed by atoms with Gasteiger partial charge in [-0.3, -0.25) is 9.59 Å². The molecule has 0 spiro atoms. The molecule has 0 radical (unpaired) electrons. The molecule has 1 fully saturated rings. The van der Waals surface area contributed by atoms with Crippen LogP contribution >= 0.6 is 11.8 Å². The van der Waals surface area contributed by atoms with Crippen molar-refractivity contribution in [2.45, 2.75) is 13.8 Å². The number of amides is 2. The molecule has 0 aliphatic carbocycles. The highest BCUT2D eigenvalue weighted by Crippen LogP contribution is 2.29. The van der Waals surface area contributed by atoms with Gasteiger partial charge in [0.05, 0.1) is 10.8 Å². The van der Waals surface area contributed by atoms with Crippen LogP contribution in [0.25, 0.3) is 0 Å². The lowest BCUT2D eigenvalue weighted by atomic mass is 10.1. The zero-order valence-electron chi connectivity index (χ0n) is 15.0. The van der Waals surface area contributed by atoms with Gasteiger partial charge in [0.15, 0.2) is 0 Å². The maximum atomic E-state index is 12.9. The van der Waals surface area contributed by atoms with E-state index in [1.165, 1.54) is 11.8 Å².